The number of anilines is 1. The van der Waals surface area contributed by atoms with Gasteiger partial charge >= 0.3 is 0 Å². The second kappa shape index (κ2) is 7.22. The van der Waals surface area contributed by atoms with Gasteiger partial charge in [0, 0.05) is 24.7 Å². The second-order valence-electron chi connectivity index (χ2n) is 5.21. The lowest BCUT2D eigenvalue weighted by atomic mass is 9.95. The van der Waals surface area contributed by atoms with E-state index in [1.165, 1.54) is 25.3 Å². The summed E-state index contributed by atoms with van der Waals surface area (Å²) in [6.07, 6.45) is 6.06. The highest BCUT2D eigenvalue weighted by Crippen LogP contribution is 2.17. The molecule has 1 aromatic rings. The summed E-state index contributed by atoms with van der Waals surface area (Å²) in [6.45, 7) is 0.406. The molecule has 1 amide bonds. The maximum Gasteiger partial charge on any atom is 0.221 e. The zero-order chi connectivity index (χ0) is 14.4. The van der Waals surface area contributed by atoms with Crippen molar-refractivity contribution in [3.05, 3.63) is 29.8 Å². The molecular formula is C15H20F2N2O. The molecular weight excluding hydrogens is 262 g/mol. The summed E-state index contributed by atoms with van der Waals surface area (Å²) in [5, 5.41) is 5.93. The normalized spacial score (nSPS) is 15.9. The monoisotopic (exact) mass is 282 g/mol. The Morgan fingerprint density at radius 1 is 1.15 bits per heavy atom. The Kier molecular flexibility index (Phi) is 5.32. The zero-order valence-corrected chi connectivity index (χ0v) is 11.4. The first-order valence-electron chi connectivity index (χ1n) is 7.13. The first-order chi connectivity index (χ1) is 9.65. The van der Waals surface area contributed by atoms with Crippen molar-refractivity contribution in [2.75, 3.05) is 11.9 Å². The van der Waals surface area contributed by atoms with Crippen LogP contribution in [0.25, 0.3) is 0 Å². The standard InChI is InChI=1S/C15H20F2N2O/c16-13-7-6-12(10-14(13)17)18-9-8-15(20)19-11-4-2-1-3-5-11/h6-7,10-11,18H,1-5,8-9H2,(H,19,20). The predicted octanol–water partition coefficient (Wildman–Crippen LogP) is 3.22. The number of rotatable bonds is 5. The van der Waals surface area contributed by atoms with Crippen LogP contribution >= 0.6 is 0 Å². The number of hydrogen-bond acceptors (Lipinski definition) is 2. The first-order valence-corrected chi connectivity index (χ1v) is 7.13. The van der Waals surface area contributed by atoms with E-state index in [0.717, 1.165) is 25.0 Å². The van der Waals surface area contributed by atoms with Gasteiger partial charge in [-0.15, -0.1) is 0 Å². The summed E-state index contributed by atoms with van der Waals surface area (Å²) in [7, 11) is 0. The van der Waals surface area contributed by atoms with Gasteiger partial charge in [0.1, 0.15) is 0 Å². The molecule has 1 saturated carbocycles. The van der Waals surface area contributed by atoms with E-state index in [0.29, 0.717) is 24.7 Å². The van der Waals surface area contributed by atoms with Crippen molar-refractivity contribution in [3.63, 3.8) is 0 Å². The van der Waals surface area contributed by atoms with Crippen molar-refractivity contribution in [1.29, 1.82) is 0 Å². The Morgan fingerprint density at radius 3 is 2.60 bits per heavy atom. The van der Waals surface area contributed by atoms with Crippen LogP contribution < -0.4 is 10.6 Å². The largest absolute Gasteiger partial charge is 0.384 e. The summed E-state index contributed by atoms with van der Waals surface area (Å²) in [4.78, 5) is 11.7. The number of hydrogen-bond donors (Lipinski definition) is 2. The second-order valence-corrected chi connectivity index (χ2v) is 5.21. The van der Waals surface area contributed by atoms with E-state index in [1.54, 1.807) is 0 Å². The van der Waals surface area contributed by atoms with Gasteiger partial charge in [-0.2, -0.15) is 0 Å². The van der Waals surface area contributed by atoms with Crippen molar-refractivity contribution < 1.29 is 13.6 Å². The summed E-state index contributed by atoms with van der Waals surface area (Å²) in [6, 6.07) is 3.92. The zero-order valence-electron chi connectivity index (χ0n) is 11.4. The van der Waals surface area contributed by atoms with Gasteiger partial charge in [-0.1, -0.05) is 19.3 Å². The molecule has 0 unspecified atom stereocenters. The molecule has 2 rings (SSSR count). The fourth-order valence-electron chi connectivity index (χ4n) is 2.47. The van der Waals surface area contributed by atoms with Gasteiger partial charge in [0.2, 0.25) is 5.91 Å². The molecule has 0 atom stereocenters. The van der Waals surface area contributed by atoms with E-state index < -0.39 is 11.6 Å². The molecule has 0 radical (unpaired) electrons. The number of carbonyl (C=O) groups excluding carboxylic acids is 1. The van der Waals surface area contributed by atoms with Crippen LogP contribution in [-0.4, -0.2) is 18.5 Å². The number of nitrogens with one attached hydrogen (secondary N) is 2. The number of amides is 1. The predicted molar refractivity (Wildman–Crippen MR) is 74.5 cm³/mol. The Hall–Kier alpha value is -1.65. The number of benzene rings is 1. The van der Waals surface area contributed by atoms with Crippen LogP contribution in [0.2, 0.25) is 0 Å². The lowest BCUT2D eigenvalue weighted by Gasteiger charge is -2.22. The average molecular weight is 282 g/mol. The van der Waals surface area contributed by atoms with Crippen LogP contribution in [0.3, 0.4) is 0 Å². The van der Waals surface area contributed by atoms with Gasteiger partial charge < -0.3 is 10.6 Å². The highest BCUT2D eigenvalue weighted by molar-refractivity contribution is 5.76. The maximum absolute atomic E-state index is 13.0. The summed E-state index contributed by atoms with van der Waals surface area (Å²) in [5.41, 5.74) is 0.481. The maximum atomic E-state index is 13.0. The third kappa shape index (κ3) is 4.47. The minimum Gasteiger partial charge on any atom is -0.384 e. The lowest BCUT2D eigenvalue weighted by Crippen LogP contribution is -2.36. The van der Waals surface area contributed by atoms with E-state index in [2.05, 4.69) is 10.6 Å². The van der Waals surface area contributed by atoms with Crippen LogP contribution in [0.4, 0.5) is 14.5 Å². The molecule has 110 valence electrons. The Bertz CT molecular complexity index is 459. The van der Waals surface area contributed by atoms with Crippen LogP contribution in [0, 0.1) is 11.6 Å². The topological polar surface area (TPSA) is 41.1 Å². The molecule has 0 spiro atoms. The van der Waals surface area contributed by atoms with Gasteiger partial charge in [0.05, 0.1) is 0 Å². The quantitative estimate of drug-likeness (QED) is 0.870. The van der Waals surface area contributed by atoms with E-state index in [9.17, 15) is 13.6 Å². The van der Waals surface area contributed by atoms with Gasteiger partial charge in [-0.3, -0.25) is 4.79 Å². The van der Waals surface area contributed by atoms with Gasteiger partial charge in [-0.25, -0.2) is 8.78 Å². The highest BCUT2D eigenvalue weighted by atomic mass is 19.2. The van der Waals surface area contributed by atoms with Crippen molar-refractivity contribution in [2.24, 2.45) is 0 Å². The first kappa shape index (κ1) is 14.8. The fraction of sp³-hybridized carbons (Fsp3) is 0.533. The van der Waals surface area contributed by atoms with E-state index in [-0.39, 0.29) is 5.91 Å². The van der Waals surface area contributed by atoms with E-state index in [1.807, 2.05) is 0 Å². The summed E-state index contributed by atoms with van der Waals surface area (Å²) >= 11 is 0. The molecule has 0 aliphatic heterocycles. The Labute approximate surface area is 117 Å². The molecule has 5 heteroatoms. The van der Waals surface area contributed by atoms with Crippen molar-refractivity contribution in [2.45, 2.75) is 44.6 Å². The number of halogens is 2. The van der Waals surface area contributed by atoms with Crippen molar-refractivity contribution in [1.82, 2.24) is 5.32 Å². The third-order valence-electron chi connectivity index (χ3n) is 3.57. The molecule has 0 aromatic heterocycles. The molecule has 3 nitrogen and oxygen atoms in total. The molecule has 20 heavy (non-hydrogen) atoms. The smallest absolute Gasteiger partial charge is 0.221 e. The molecule has 0 bridgehead atoms. The van der Waals surface area contributed by atoms with Crippen LogP contribution in [0.5, 0.6) is 0 Å². The molecule has 1 aliphatic carbocycles. The highest BCUT2D eigenvalue weighted by Gasteiger charge is 2.15. The van der Waals surface area contributed by atoms with E-state index in [4.69, 9.17) is 0 Å². The van der Waals surface area contributed by atoms with Gasteiger partial charge in [0.15, 0.2) is 11.6 Å². The molecule has 1 fully saturated rings. The Morgan fingerprint density at radius 2 is 1.90 bits per heavy atom. The summed E-state index contributed by atoms with van der Waals surface area (Å²) in [5.74, 6) is -1.75. The minimum absolute atomic E-state index is 0.00647. The van der Waals surface area contributed by atoms with Crippen LogP contribution in [0.15, 0.2) is 18.2 Å². The minimum atomic E-state index is -0.887. The molecule has 2 N–H and O–H groups in total. The fourth-order valence-corrected chi connectivity index (χ4v) is 2.47. The van der Waals surface area contributed by atoms with Crippen molar-refractivity contribution >= 4 is 11.6 Å². The van der Waals surface area contributed by atoms with Crippen LogP contribution in [0.1, 0.15) is 38.5 Å². The van der Waals surface area contributed by atoms with Crippen LogP contribution in [-0.2, 0) is 4.79 Å². The SMILES string of the molecule is O=C(CCNc1ccc(F)c(F)c1)NC1CCCCC1. The molecule has 0 saturated heterocycles. The number of carbonyl (C=O) groups is 1. The van der Waals surface area contributed by atoms with Gasteiger partial charge in [0.25, 0.3) is 0 Å². The lowest BCUT2D eigenvalue weighted by molar-refractivity contribution is -0.121. The average Bonchev–Trinajstić information content (AvgIpc) is 2.44. The summed E-state index contributed by atoms with van der Waals surface area (Å²) < 4.78 is 25.7. The van der Waals surface area contributed by atoms with Crippen molar-refractivity contribution in [3.8, 4) is 0 Å². The van der Waals surface area contributed by atoms with Gasteiger partial charge in [-0.05, 0) is 31.0 Å². The molecule has 1 aliphatic rings. The van der Waals surface area contributed by atoms with E-state index >= 15 is 0 Å². The molecule has 1 aromatic carbocycles. The third-order valence-corrected chi connectivity index (χ3v) is 3.57. The molecule has 0 heterocycles. The Balaban J connectivity index is 1.69.